The number of carbonyl (C=O) groups is 1. The number of ether oxygens (including phenoxy) is 3. The summed E-state index contributed by atoms with van der Waals surface area (Å²) in [7, 11) is -0.578. The van der Waals surface area contributed by atoms with Crippen molar-refractivity contribution in [2.75, 3.05) is 7.11 Å². The third-order valence-corrected chi connectivity index (χ3v) is 11.0. The van der Waals surface area contributed by atoms with Crippen LogP contribution in [0.25, 0.3) is 0 Å². The first kappa shape index (κ1) is 20.1. The van der Waals surface area contributed by atoms with E-state index in [9.17, 15) is 4.79 Å². The molecule has 1 spiro atoms. The quantitative estimate of drug-likeness (QED) is 0.537. The molecule has 1 aliphatic heterocycles. The number of hydrogen-bond donors (Lipinski definition) is 0. The molecular formula is C20H34O5Si. The van der Waals surface area contributed by atoms with E-state index in [1.807, 2.05) is 6.08 Å². The Kier molecular flexibility index (Phi) is 5.43. The Morgan fingerprint density at radius 2 is 1.85 bits per heavy atom. The van der Waals surface area contributed by atoms with E-state index >= 15 is 0 Å². The lowest BCUT2D eigenvalue weighted by Gasteiger charge is -2.42. The van der Waals surface area contributed by atoms with Crippen LogP contribution < -0.4 is 0 Å². The number of esters is 1. The SMILES string of the molecule is COC(=O)C1=C[C@@H]2OC3(CCCCC3)O[C@@H]2[C@H](O[Si](C)(C)C(C)(C)C)C1. The van der Waals surface area contributed by atoms with E-state index in [0.29, 0.717) is 12.0 Å². The number of carbonyl (C=O) groups excluding carboxylic acids is 1. The molecular weight excluding hydrogens is 348 g/mol. The Balaban J connectivity index is 1.86. The van der Waals surface area contributed by atoms with Crippen LogP contribution >= 0.6 is 0 Å². The minimum atomic E-state index is -2.00. The molecule has 0 unspecified atom stereocenters. The van der Waals surface area contributed by atoms with Crippen LogP contribution in [0.15, 0.2) is 11.6 Å². The van der Waals surface area contributed by atoms with Crippen LogP contribution in [0.2, 0.25) is 18.1 Å². The summed E-state index contributed by atoms with van der Waals surface area (Å²) in [5.74, 6) is -0.787. The molecule has 2 aliphatic carbocycles. The molecule has 3 aliphatic rings. The van der Waals surface area contributed by atoms with Gasteiger partial charge in [0.05, 0.1) is 13.2 Å². The van der Waals surface area contributed by atoms with Gasteiger partial charge in [0, 0.05) is 24.8 Å². The first-order valence-electron chi connectivity index (χ1n) is 9.89. The minimum Gasteiger partial charge on any atom is -0.466 e. The van der Waals surface area contributed by atoms with Gasteiger partial charge in [0.2, 0.25) is 0 Å². The average Bonchev–Trinajstić information content (AvgIpc) is 2.91. The molecule has 2 fully saturated rings. The van der Waals surface area contributed by atoms with Gasteiger partial charge in [-0.15, -0.1) is 0 Å². The van der Waals surface area contributed by atoms with Gasteiger partial charge in [-0.3, -0.25) is 0 Å². The molecule has 3 rings (SSSR count). The highest BCUT2D eigenvalue weighted by Crippen LogP contribution is 2.46. The zero-order chi connectivity index (χ0) is 19.2. The van der Waals surface area contributed by atoms with Crippen LogP contribution in [0.4, 0.5) is 0 Å². The van der Waals surface area contributed by atoms with E-state index in [1.165, 1.54) is 13.5 Å². The summed E-state index contributed by atoms with van der Waals surface area (Å²) in [5.41, 5.74) is 0.647. The smallest absolute Gasteiger partial charge is 0.333 e. The van der Waals surface area contributed by atoms with Gasteiger partial charge in [0.1, 0.15) is 12.2 Å². The summed E-state index contributed by atoms with van der Waals surface area (Å²) in [6.07, 6.45) is 7.23. The van der Waals surface area contributed by atoms with E-state index < -0.39 is 14.1 Å². The third-order valence-electron chi connectivity index (χ3n) is 6.49. The Bertz CT molecular complexity index is 571. The van der Waals surface area contributed by atoms with E-state index in [4.69, 9.17) is 18.6 Å². The molecule has 0 radical (unpaired) electrons. The number of methoxy groups -OCH3 is 1. The van der Waals surface area contributed by atoms with Crippen molar-refractivity contribution in [2.45, 2.75) is 102 Å². The van der Waals surface area contributed by atoms with Gasteiger partial charge >= 0.3 is 5.97 Å². The topological polar surface area (TPSA) is 54.0 Å². The summed E-state index contributed by atoms with van der Waals surface area (Å²) in [5, 5.41) is 0.0943. The summed E-state index contributed by atoms with van der Waals surface area (Å²) < 4.78 is 24.6. The number of rotatable bonds is 3. The van der Waals surface area contributed by atoms with Crippen LogP contribution in [0.5, 0.6) is 0 Å². The van der Waals surface area contributed by atoms with E-state index in [-0.39, 0.29) is 29.3 Å². The van der Waals surface area contributed by atoms with Gasteiger partial charge in [0.25, 0.3) is 0 Å². The number of hydrogen-bond acceptors (Lipinski definition) is 5. The molecule has 3 atom stereocenters. The monoisotopic (exact) mass is 382 g/mol. The van der Waals surface area contributed by atoms with Crippen LogP contribution in [-0.2, 0) is 23.4 Å². The fourth-order valence-electron chi connectivity index (χ4n) is 3.95. The van der Waals surface area contributed by atoms with Crippen LogP contribution in [0.3, 0.4) is 0 Å². The van der Waals surface area contributed by atoms with Crippen molar-refractivity contribution >= 4 is 14.3 Å². The lowest BCUT2D eigenvalue weighted by Crippen LogP contribution is -2.50. The summed E-state index contributed by atoms with van der Waals surface area (Å²) >= 11 is 0. The zero-order valence-electron chi connectivity index (χ0n) is 17.1. The van der Waals surface area contributed by atoms with Crippen molar-refractivity contribution in [3.05, 3.63) is 11.6 Å². The highest BCUT2D eigenvalue weighted by Gasteiger charge is 2.54. The second kappa shape index (κ2) is 7.04. The molecule has 5 nitrogen and oxygen atoms in total. The summed E-state index contributed by atoms with van der Waals surface area (Å²) in [6.45, 7) is 11.2. The fourth-order valence-corrected chi connectivity index (χ4v) is 5.27. The van der Waals surface area contributed by atoms with Gasteiger partial charge in [0.15, 0.2) is 14.1 Å². The maximum Gasteiger partial charge on any atom is 0.333 e. The molecule has 1 heterocycles. The Labute approximate surface area is 158 Å². The molecule has 1 saturated heterocycles. The largest absolute Gasteiger partial charge is 0.466 e. The van der Waals surface area contributed by atoms with Crippen molar-refractivity contribution < 1.29 is 23.4 Å². The normalized spacial score (nSPS) is 31.5. The van der Waals surface area contributed by atoms with Crippen LogP contribution in [-0.4, -0.2) is 45.5 Å². The van der Waals surface area contributed by atoms with E-state index in [0.717, 1.165) is 25.7 Å². The average molecular weight is 383 g/mol. The maximum absolute atomic E-state index is 12.2. The molecule has 0 N–H and O–H groups in total. The molecule has 0 aromatic carbocycles. The second-order valence-corrected chi connectivity index (χ2v) is 14.2. The lowest BCUT2D eigenvalue weighted by atomic mass is 9.92. The molecule has 0 aromatic heterocycles. The van der Waals surface area contributed by atoms with Gasteiger partial charge in [-0.05, 0) is 37.0 Å². The lowest BCUT2D eigenvalue weighted by molar-refractivity contribution is -0.197. The highest BCUT2D eigenvalue weighted by atomic mass is 28.4. The predicted octanol–water partition coefficient (Wildman–Crippen LogP) is 4.32. The van der Waals surface area contributed by atoms with Crippen molar-refractivity contribution in [3.63, 3.8) is 0 Å². The van der Waals surface area contributed by atoms with Gasteiger partial charge in [-0.2, -0.15) is 0 Å². The second-order valence-electron chi connectivity index (χ2n) is 9.44. The molecule has 0 amide bonds. The minimum absolute atomic E-state index is 0.0943. The van der Waals surface area contributed by atoms with Crippen molar-refractivity contribution in [1.82, 2.24) is 0 Å². The third kappa shape index (κ3) is 3.79. The summed E-state index contributed by atoms with van der Waals surface area (Å²) in [6, 6.07) is 0. The van der Waals surface area contributed by atoms with Gasteiger partial charge < -0.3 is 18.6 Å². The molecule has 0 bridgehead atoms. The Morgan fingerprint density at radius 3 is 2.42 bits per heavy atom. The molecule has 26 heavy (non-hydrogen) atoms. The molecule has 6 heteroatoms. The summed E-state index contributed by atoms with van der Waals surface area (Å²) in [4.78, 5) is 12.2. The van der Waals surface area contributed by atoms with Crippen molar-refractivity contribution in [3.8, 4) is 0 Å². The fraction of sp³-hybridized carbons (Fsp3) is 0.850. The van der Waals surface area contributed by atoms with Crippen molar-refractivity contribution in [1.29, 1.82) is 0 Å². The van der Waals surface area contributed by atoms with Crippen molar-refractivity contribution in [2.24, 2.45) is 0 Å². The first-order valence-corrected chi connectivity index (χ1v) is 12.8. The molecule has 1 saturated carbocycles. The maximum atomic E-state index is 12.2. The van der Waals surface area contributed by atoms with E-state index in [2.05, 4.69) is 33.9 Å². The molecule has 148 valence electrons. The van der Waals surface area contributed by atoms with Gasteiger partial charge in [-0.1, -0.05) is 27.2 Å². The standard InChI is InChI=1S/C20H34O5Si/c1-19(2,3)26(5,6)25-16-13-14(18(21)22-4)12-15-17(16)24-20(23-15)10-8-7-9-11-20/h12,15-17H,7-11,13H2,1-6H3/t15-,16+,17-/m0/s1. The molecule has 0 aromatic rings. The highest BCUT2D eigenvalue weighted by molar-refractivity contribution is 6.74. The van der Waals surface area contributed by atoms with Crippen LogP contribution in [0.1, 0.15) is 59.3 Å². The Morgan fingerprint density at radius 1 is 1.19 bits per heavy atom. The first-order chi connectivity index (χ1) is 12.1. The van der Waals surface area contributed by atoms with Crippen LogP contribution in [0, 0.1) is 0 Å². The zero-order valence-corrected chi connectivity index (χ0v) is 18.1. The van der Waals surface area contributed by atoms with Gasteiger partial charge in [-0.25, -0.2) is 4.79 Å². The van der Waals surface area contributed by atoms with E-state index in [1.54, 1.807) is 0 Å². The predicted molar refractivity (Wildman–Crippen MR) is 102 cm³/mol. The Hall–Kier alpha value is -0.693. The number of fused-ring (bicyclic) bond motifs is 1.